The molecular formula is C37H37F3N4O5. The van der Waals surface area contributed by atoms with E-state index in [-0.39, 0.29) is 18.4 Å². The van der Waals surface area contributed by atoms with Crippen LogP contribution in [0.25, 0.3) is 33.4 Å². The summed E-state index contributed by atoms with van der Waals surface area (Å²) < 4.78 is 55.8. The molecule has 2 N–H and O–H groups in total. The molecular weight excluding hydrogens is 637 g/mol. The Balaban J connectivity index is 0.00000151. The topological polar surface area (TPSA) is 116 Å². The summed E-state index contributed by atoms with van der Waals surface area (Å²) in [6.45, 7) is -0.901. The minimum absolute atomic E-state index is 0.0672. The van der Waals surface area contributed by atoms with E-state index in [0.717, 1.165) is 23.8 Å². The average molecular weight is 675 g/mol. The summed E-state index contributed by atoms with van der Waals surface area (Å²) in [6.07, 6.45) is 4.62. The number of nitrogens with zero attached hydrogens (tertiary/aromatic N) is 2. The third-order valence-corrected chi connectivity index (χ3v) is 8.25. The van der Waals surface area contributed by atoms with E-state index >= 15 is 0 Å². The second-order valence-electron chi connectivity index (χ2n) is 11.7. The van der Waals surface area contributed by atoms with Gasteiger partial charge in [-0.15, -0.1) is 0 Å². The van der Waals surface area contributed by atoms with Crippen LogP contribution in [0.3, 0.4) is 0 Å². The number of aryl methyl sites for hydroxylation is 1. The van der Waals surface area contributed by atoms with Crippen molar-refractivity contribution in [1.29, 1.82) is 0 Å². The summed E-state index contributed by atoms with van der Waals surface area (Å²) in [4.78, 5) is 34.8. The molecule has 256 valence electrons. The standard InChI is InChI=1S/C35H30F3N3O5.C2H7N/c1-3-5-21-15-30-26(28(19-42)31(46-30)20-6-9-23(36)10-7-20)16-25(21)22-8-11-29(44-2)27(14-22)32(43)41-35(33-39-12-4-13-40-33)17-24(18-35)45-34(37)38;1-3-2/h4,6-16,19,24,34H,3,5,17-18H2,1-2H3,(H,41,43);3H,1-2H3. The van der Waals surface area contributed by atoms with E-state index in [1.807, 2.05) is 39.2 Å². The van der Waals surface area contributed by atoms with Crippen LogP contribution in [0.2, 0.25) is 0 Å². The maximum absolute atomic E-state index is 13.9. The van der Waals surface area contributed by atoms with Crippen LogP contribution in [0.5, 0.6) is 5.75 Å². The number of halogens is 3. The first-order valence-electron chi connectivity index (χ1n) is 15.8. The van der Waals surface area contributed by atoms with Crippen LogP contribution in [-0.4, -0.2) is 56.1 Å². The van der Waals surface area contributed by atoms with Gasteiger partial charge in [-0.05, 0) is 91.8 Å². The number of hydrogen-bond donors (Lipinski definition) is 2. The fraction of sp³-hybridized carbons (Fsp3) is 0.297. The molecule has 2 heterocycles. The Labute approximate surface area is 281 Å². The number of furan rings is 1. The van der Waals surface area contributed by atoms with Gasteiger partial charge in [0, 0.05) is 36.2 Å². The van der Waals surface area contributed by atoms with Gasteiger partial charge in [0.05, 0.1) is 24.3 Å². The second-order valence-corrected chi connectivity index (χ2v) is 11.7. The molecule has 6 rings (SSSR count). The minimum atomic E-state index is -2.94. The molecule has 1 fully saturated rings. The monoisotopic (exact) mass is 674 g/mol. The Bertz CT molecular complexity index is 1910. The van der Waals surface area contributed by atoms with Gasteiger partial charge in [-0.1, -0.05) is 19.4 Å². The smallest absolute Gasteiger partial charge is 0.345 e. The van der Waals surface area contributed by atoms with Crippen LogP contribution in [-0.2, 0) is 16.7 Å². The highest BCUT2D eigenvalue weighted by Crippen LogP contribution is 2.43. The molecule has 5 aromatic rings. The van der Waals surface area contributed by atoms with E-state index in [2.05, 4.69) is 25.3 Å². The van der Waals surface area contributed by atoms with Gasteiger partial charge in [0.2, 0.25) is 0 Å². The number of alkyl halides is 2. The summed E-state index contributed by atoms with van der Waals surface area (Å²) >= 11 is 0. The van der Waals surface area contributed by atoms with Gasteiger partial charge >= 0.3 is 6.61 Å². The van der Waals surface area contributed by atoms with Crippen LogP contribution >= 0.6 is 0 Å². The van der Waals surface area contributed by atoms with Crippen LogP contribution in [0.1, 0.15) is 58.3 Å². The Morgan fingerprint density at radius 3 is 2.35 bits per heavy atom. The first-order chi connectivity index (χ1) is 23.7. The number of rotatable bonds is 11. The number of carbonyl (C=O) groups is 2. The lowest BCUT2D eigenvalue weighted by molar-refractivity contribution is -0.198. The van der Waals surface area contributed by atoms with E-state index in [0.29, 0.717) is 51.4 Å². The number of fused-ring (bicyclic) bond motifs is 1. The van der Waals surface area contributed by atoms with Crippen molar-refractivity contribution in [1.82, 2.24) is 20.6 Å². The SMILES string of the molecule is CCCc1cc2oc(-c3ccc(F)cc3)c(C=O)c2cc1-c1ccc(OC)c(C(=O)NC2(c3ncccn3)CC(OC(F)F)C2)c1.CNC. The highest BCUT2D eigenvalue weighted by Gasteiger charge is 2.50. The van der Waals surface area contributed by atoms with Crippen LogP contribution in [0.15, 0.2) is 77.5 Å². The van der Waals surface area contributed by atoms with Crippen LogP contribution < -0.4 is 15.4 Å². The van der Waals surface area contributed by atoms with E-state index in [4.69, 9.17) is 9.15 Å². The van der Waals surface area contributed by atoms with Crippen molar-refractivity contribution >= 4 is 23.2 Å². The summed E-state index contributed by atoms with van der Waals surface area (Å²) in [7, 11) is 5.20. The van der Waals surface area contributed by atoms with Crippen molar-refractivity contribution in [2.75, 3.05) is 21.2 Å². The lowest BCUT2D eigenvalue weighted by Gasteiger charge is -2.46. The van der Waals surface area contributed by atoms with Crippen molar-refractivity contribution in [3.05, 3.63) is 101 Å². The van der Waals surface area contributed by atoms with Crippen molar-refractivity contribution < 1.29 is 36.7 Å². The summed E-state index contributed by atoms with van der Waals surface area (Å²) in [5, 5.41) is 6.30. The van der Waals surface area contributed by atoms with Crippen molar-refractivity contribution in [2.24, 2.45) is 0 Å². The second kappa shape index (κ2) is 15.4. The van der Waals surface area contributed by atoms with Gasteiger partial charge in [0.25, 0.3) is 5.91 Å². The van der Waals surface area contributed by atoms with Gasteiger partial charge < -0.3 is 24.5 Å². The summed E-state index contributed by atoms with van der Waals surface area (Å²) in [5.74, 6) is 0.0261. The third-order valence-electron chi connectivity index (χ3n) is 8.25. The molecule has 0 unspecified atom stereocenters. The molecule has 0 spiro atoms. The van der Waals surface area contributed by atoms with Gasteiger partial charge in [-0.25, -0.2) is 14.4 Å². The molecule has 0 atom stereocenters. The lowest BCUT2D eigenvalue weighted by Crippen LogP contribution is -2.58. The Morgan fingerprint density at radius 1 is 1.06 bits per heavy atom. The van der Waals surface area contributed by atoms with Gasteiger partial charge in [-0.2, -0.15) is 8.78 Å². The zero-order valence-electron chi connectivity index (χ0n) is 27.6. The molecule has 49 heavy (non-hydrogen) atoms. The summed E-state index contributed by atoms with van der Waals surface area (Å²) in [6, 6.07) is 16.3. The number of amides is 1. The molecule has 12 heteroatoms. The zero-order chi connectivity index (χ0) is 35.1. The molecule has 1 amide bonds. The van der Waals surface area contributed by atoms with Crippen LogP contribution in [0.4, 0.5) is 13.2 Å². The highest BCUT2D eigenvalue weighted by atomic mass is 19.3. The number of carbonyl (C=O) groups excluding carboxylic acids is 2. The predicted molar refractivity (Wildman–Crippen MR) is 179 cm³/mol. The van der Waals surface area contributed by atoms with E-state index in [9.17, 15) is 22.8 Å². The average Bonchev–Trinajstić information content (AvgIpc) is 3.45. The Kier molecular flexibility index (Phi) is 11.1. The quantitative estimate of drug-likeness (QED) is 0.140. The molecule has 3 aromatic carbocycles. The fourth-order valence-electron chi connectivity index (χ4n) is 6.07. The van der Waals surface area contributed by atoms with Crippen molar-refractivity contribution in [3.8, 4) is 28.2 Å². The number of aldehydes is 1. The fourth-order valence-corrected chi connectivity index (χ4v) is 6.07. The first-order valence-corrected chi connectivity index (χ1v) is 15.8. The largest absolute Gasteiger partial charge is 0.496 e. The Hall–Kier alpha value is -5.07. The molecule has 9 nitrogen and oxygen atoms in total. The van der Waals surface area contributed by atoms with Crippen LogP contribution in [0, 0.1) is 5.82 Å². The third kappa shape index (κ3) is 7.50. The maximum atomic E-state index is 13.9. The number of nitrogens with one attached hydrogen (secondary N) is 2. The van der Waals surface area contributed by atoms with E-state index < -0.39 is 30.0 Å². The van der Waals surface area contributed by atoms with E-state index in [1.54, 1.807) is 30.3 Å². The molecule has 0 saturated heterocycles. The number of benzene rings is 3. The number of aromatic nitrogens is 2. The van der Waals surface area contributed by atoms with Gasteiger partial charge in [0.1, 0.15) is 28.4 Å². The first kappa shape index (κ1) is 35.2. The molecule has 1 aliphatic rings. The lowest BCUT2D eigenvalue weighted by atomic mass is 9.73. The normalized spacial score (nSPS) is 16.9. The minimum Gasteiger partial charge on any atom is -0.496 e. The Morgan fingerprint density at radius 2 is 1.73 bits per heavy atom. The molecule has 0 bridgehead atoms. The summed E-state index contributed by atoms with van der Waals surface area (Å²) in [5.41, 5.74) is 2.91. The molecule has 0 aliphatic heterocycles. The molecule has 1 aliphatic carbocycles. The number of ether oxygens (including phenoxy) is 2. The predicted octanol–water partition coefficient (Wildman–Crippen LogP) is 7.33. The molecule has 0 radical (unpaired) electrons. The molecule has 2 aromatic heterocycles. The van der Waals surface area contributed by atoms with Gasteiger partial charge in [0.15, 0.2) is 12.1 Å². The van der Waals surface area contributed by atoms with E-state index in [1.165, 1.54) is 31.6 Å². The van der Waals surface area contributed by atoms with Gasteiger partial charge in [-0.3, -0.25) is 9.59 Å². The van der Waals surface area contributed by atoms with Crippen molar-refractivity contribution in [3.63, 3.8) is 0 Å². The van der Waals surface area contributed by atoms with Crippen molar-refractivity contribution in [2.45, 2.75) is 50.9 Å². The molecule has 1 saturated carbocycles. The number of hydrogen-bond acceptors (Lipinski definition) is 8. The maximum Gasteiger partial charge on any atom is 0.345 e. The number of methoxy groups -OCH3 is 1. The highest BCUT2D eigenvalue weighted by molar-refractivity contribution is 6.05. The zero-order valence-corrected chi connectivity index (χ0v) is 27.6.